The van der Waals surface area contributed by atoms with Crippen molar-refractivity contribution < 1.29 is 9.53 Å². The second-order valence-corrected chi connectivity index (χ2v) is 7.65. The molecular formula is C23H27N7O2. The summed E-state index contributed by atoms with van der Waals surface area (Å²) in [5, 5.41) is 16.0. The van der Waals surface area contributed by atoms with Gasteiger partial charge in [0.05, 0.1) is 11.4 Å². The zero-order valence-corrected chi connectivity index (χ0v) is 18.2. The highest BCUT2D eigenvalue weighted by Crippen LogP contribution is 2.35. The summed E-state index contributed by atoms with van der Waals surface area (Å²) in [7, 11) is 0. The monoisotopic (exact) mass is 433 g/mol. The summed E-state index contributed by atoms with van der Waals surface area (Å²) in [5.41, 5.74) is 1.57. The number of likely N-dealkylation sites (N-methyl/N-ethyl adjacent to an activating group) is 1. The smallest absolute Gasteiger partial charge is 0.223 e. The van der Waals surface area contributed by atoms with Crippen LogP contribution in [0, 0.1) is 11.3 Å². The summed E-state index contributed by atoms with van der Waals surface area (Å²) >= 11 is 0. The van der Waals surface area contributed by atoms with Crippen molar-refractivity contribution >= 4 is 23.1 Å². The predicted octanol–water partition coefficient (Wildman–Crippen LogP) is 2.53. The summed E-state index contributed by atoms with van der Waals surface area (Å²) < 4.78 is 5.77. The van der Waals surface area contributed by atoms with Crippen molar-refractivity contribution in [3.8, 4) is 11.8 Å². The van der Waals surface area contributed by atoms with Gasteiger partial charge in [-0.25, -0.2) is 9.97 Å². The van der Waals surface area contributed by atoms with Crippen LogP contribution >= 0.6 is 0 Å². The number of allylic oxidation sites excluding steroid dienone is 1. The first-order valence-electron chi connectivity index (χ1n) is 10.9. The van der Waals surface area contributed by atoms with Crippen molar-refractivity contribution in [3.63, 3.8) is 0 Å². The zero-order chi connectivity index (χ0) is 22.3. The second kappa shape index (κ2) is 10.1. The van der Waals surface area contributed by atoms with Crippen LogP contribution in [0.2, 0.25) is 0 Å². The number of nitrogens with one attached hydrogen (secondary N) is 2. The maximum absolute atomic E-state index is 12.4. The first-order valence-corrected chi connectivity index (χ1v) is 10.9. The molecule has 0 radical (unpaired) electrons. The number of piperazine rings is 1. The molecule has 0 bridgehead atoms. The molecule has 9 nitrogen and oxygen atoms in total. The Morgan fingerprint density at radius 3 is 2.81 bits per heavy atom. The topological polar surface area (TPSA) is 106 Å². The molecular weight excluding hydrogens is 406 g/mol. The summed E-state index contributed by atoms with van der Waals surface area (Å²) in [6.45, 7) is 7.25. The van der Waals surface area contributed by atoms with Crippen LogP contribution in [0.25, 0.3) is 5.57 Å². The van der Waals surface area contributed by atoms with Crippen molar-refractivity contribution in [1.82, 2.24) is 19.8 Å². The summed E-state index contributed by atoms with van der Waals surface area (Å²) in [6.07, 6.45) is 2.78. The van der Waals surface area contributed by atoms with Gasteiger partial charge in [-0.2, -0.15) is 5.26 Å². The molecule has 1 aromatic carbocycles. The van der Waals surface area contributed by atoms with Crippen molar-refractivity contribution in [2.75, 3.05) is 49.9 Å². The van der Waals surface area contributed by atoms with E-state index in [0.29, 0.717) is 48.2 Å². The van der Waals surface area contributed by atoms with E-state index in [1.54, 1.807) is 12.3 Å². The summed E-state index contributed by atoms with van der Waals surface area (Å²) in [6, 6.07) is 11.3. The minimum absolute atomic E-state index is 0.192. The number of benzene rings is 1. The van der Waals surface area contributed by atoms with Crippen LogP contribution in [-0.2, 0) is 4.79 Å². The third-order valence-electron chi connectivity index (χ3n) is 5.62. The van der Waals surface area contributed by atoms with Gasteiger partial charge in [-0.3, -0.25) is 4.79 Å². The molecule has 1 saturated heterocycles. The SMILES string of the molecule is CCN1CCN(C(=O)CCCNc2nccc(/C(C#N)=C3/Nc4ccccc4O3)n2)CC1. The normalized spacial score (nSPS) is 17.1. The number of aromatic nitrogens is 2. The Balaban J connectivity index is 1.30. The van der Waals surface area contributed by atoms with Gasteiger partial charge in [-0.15, -0.1) is 0 Å². The number of hydrogen-bond donors (Lipinski definition) is 2. The summed E-state index contributed by atoms with van der Waals surface area (Å²) in [4.78, 5) is 25.4. The van der Waals surface area contributed by atoms with Crippen molar-refractivity contribution in [1.29, 1.82) is 5.26 Å². The molecule has 0 unspecified atom stereocenters. The Morgan fingerprint density at radius 1 is 1.25 bits per heavy atom. The minimum Gasteiger partial charge on any atom is -0.437 e. The molecule has 2 aliphatic rings. The fraction of sp³-hybridized carbons (Fsp3) is 0.391. The molecule has 2 aromatic rings. The second-order valence-electron chi connectivity index (χ2n) is 7.65. The van der Waals surface area contributed by atoms with E-state index in [2.05, 4.69) is 38.5 Å². The number of para-hydroxylation sites is 2. The van der Waals surface area contributed by atoms with Gasteiger partial charge >= 0.3 is 0 Å². The van der Waals surface area contributed by atoms with Crippen LogP contribution in [0.4, 0.5) is 11.6 Å². The molecule has 9 heteroatoms. The van der Waals surface area contributed by atoms with Crippen LogP contribution < -0.4 is 15.4 Å². The molecule has 0 spiro atoms. The average Bonchev–Trinajstić information content (AvgIpc) is 3.26. The average molecular weight is 434 g/mol. The lowest BCUT2D eigenvalue weighted by Gasteiger charge is -2.34. The molecule has 4 rings (SSSR count). The minimum atomic E-state index is 0.192. The van der Waals surface area contributed by atoms with Gasteiger partial charge in [0.25, 0.3) is 0 Å². The Labute approximate surface area is 187 Å². The highest BCUT2D eigenvalue weighted by Gasteiger charge is 2.22. The third kappa shape index (κ3) is 4.98. The number of nitrogens with zero attached hydrogens (tertiary/aromatic N) is 5. The standard InChI is InChI=1S/C23H27N7O2/c1-2-29-12-14-30(15-13-29)21(31)8-5-10-25-23-26-11-9-18(28-23)17(16-24)22-27-19-6-3-4-7-20(19)32-22/h3-4,6-7,9,11,27H,2,5,8,10,12-15H2,1H3,(H,25,26,28)/b22-17-. The fourth-order valence-electron chi connectivity index (χ4n) is 3.75. The predicted molar refractivity (Wildman–Crippen MR) is 122 cm³/mol. The number of ether oxygens (including phenoxy) is 1. The van der Waals surface area contributed by atoms with E-state index in [1.165, 1.54) is 0 Å². The van der Waals surface area contributed by atoms with Crippen LogP contribution in [0.3, 0.4) is 0 Å². The van der Waals surface area contributed by atoms with Gasteiger partial charge in [0.15, 0.2) is 5.75 Å². The number of fused-ring (bicyclic) bond motifs is 1. The van der Waals surface area contributed by atoms with Gasteiger partial charge in [0, 0.05) is 45.3 Å². The first-order chi connectivity index (χ1) is 15.7. The lowest BCUT2D eigenvalue weighted by atomic mass is 10.2. The molecule has 0 aliphatic carbocycles. The molecule has 0 saturated carbocycles. The zero-order valence-electron chi connectivity index (χ0n) is 18.2. The number of carbonyl (C=O) groups is 1. The largest absolute Gasteiger partial charge is 0.437 e. The number of nitriles is 1. The molecule has 2 N–H and O–H groups in total. The number of anilines is 2. The third-order valence-corrected chi connectivity index (χ3v) is 5.62. The van der Waals surface area contributed by atoms with Gasteiger partial charge < -0.3 is 25.2 Å². The number of hydrogen-bond acceptors (Lipinski definition) is 8. The first kappa shape index (κ1) is 21.6. The van der Waals surface area contributed by atoms with E-state index in [4.69, 9.17) is 4.74 Å². The lowest BCUT2D eigenvalue weighted by molar-refractivity contribution is -0.132. The van der Waals surface area contributed by atoms with Crippen LogP contribution in [0.15, 0.2) is 42.4 Å². The summed E-state index contributed by atoms with van der Waals surface area (Å²) in [5.74, 6) is 1.63. The highest BCUT2D eigenvalue weighted by molar-refractivity contribution is 5.81. The molecule has 1 fully saturated rings. The quantitative estimate of drug-likeness (QED) is 0.507. The molecule has 166 valence electrons. The van der Waals surface area contributed by atoms with E-state index in [0.717, 1.165) is 38.4 Å². The van der Waals surface area contributed by atoms with Gasteiger partial charge in [0.2, 0.25) is 17.7 Å². The Morgan fingerprint density at radius 2 is 2.06 bits per heavy atom. The van der Waals surface area contributed by atoms with Gasteiger partial charge in [-0.05, 0) is 31.2 Å². The molecule has 3 heterocycles. The van der Waals surface area contributed by atoms with Crippen LogP contribution in [-0.4, -0.2) is 64.9 Å². The maximum Gasteiger partial charge on any atom is 0.223 e. The van der Waals surface area contributed by atoms with Gasteiger partial charge in [-0.1, -0.05) is 19.1 Å². The van der Waals surface area contributed by atoms with Crippen molar-refractivity contribution in [2.45, 2.75) is 19.8 Å². The lowest BCUT2D eigenvalue weighted by Crippen LogP contribution is -2.48. The molecule has 0 atom stereocenters. The molecule has 32 heavy (non-hydrogen) atoms. The Hall–Kier alpha value is -3.64. The number of carbonyl (C=O) groups excluding carboxylic acids is 1. The van der Waals surface area contributed by atoms with Gasteiger partial charge in [0.1, 0.15) is 11.6 Å². The van der Waals surface area contributed by atoms with E-state index in [9.17, 15) is 10.1 Å². The molecule has 1 aromatic heterocycles. The highest BCUT2D eigenvalue weighted by atomic mass is 16.5. The number of rotatable bonds is 7. The van der Waals surface area contributed by atoms with Crippen molar-refractivity contribution in [3.05, 3.63) is 48.1 Å². The van der Waals surface area contributed by atoms with E-state index in [-0.39, 0.29) is 5.91 Å². The fourth-order valence-corrected chi connectivity index (χ4v) is 3.75. The molecule has 1 amide bonds. The van der Waals surface area contributed by atoms with Crippen molar-refractivity contribution in [2.24, 2.45) is 0 Å². The van der Waals surface area contributed by atoms with Crippen LogP contribution in [0.5, 0.6) is 5.75 Å². The Bertz CT molecular complexity index is 1010. The molecule has 2 aliphatic heterocycles. The van der Waals surface area contributed by atoms with E-state index >= 15 is 0 Å². The Kier molecular flexibility index (Phi) is 6.82. The van der Waals surface area contributed by atoms with E-state index in [1.807, 2.05) is 29.2 Å². The number of amides is 1. The van der Waals surface area contributed by atoms with E-state index < -0.39 is 0 Å². The van der Waals surface area contributed by atoms with Crippen LogP contribution in [0.1, 0.15) is 25.5 Å². The maximum atomic E-state index is 12.4.